The Balaban J connectivity index is 1.32. The molecule has 3 heterocycles. The Morgan fingerprint density at radius 2 is 2.03 bits per heavy atom. The Hall–Kier alpha value is -3.58. The Morgan fingerprint density at radius 1 is 1.20 bits per heavy atom. The smallest absolute Gasteiger partial charge is 0.225 e. The molecular formula is C27H28ClN5O2. The SMILES string of the molecule is CCOc1ccccc1CNC(=O)[C@H]1CCCN(c2nccn3nc(-c4ccccc4Cl)cc23)C1. The molecule has 0 radical (unpaired) electrons. The molecule has 8 heteroatoms. The molecule has 0 unspecified atom stereocenters. The lowest BCUT2D eigenvalue weighted by atomic mass is 9.97. The maximum absolute atomic E-state index is 13.1. The fourth-order valence-electron chi connectivity index (χ4n) is 4.61. The first-order valence-corrected chi connectivity index (χ1v) is 12.3. The average molecular weight is 490 g/mol. The number of carbonyl (C=O) groups is 1. The Morgan fingerprint density at radius 3 is 2.89 bits per heavy atom. The molecule has 0 saturated carbocycles. The Kier molecular flexibility index (Phi) is 6.86. The first-order valence-electron chi connectivity index (χ1n) is 12.0. The van der Waals surface area contributed by atoms with E-state index in [1.54, 1.807) is 6.20 Å². The maximum Gasteiger partial charge on any atom is 0.225 e. The number of fused-ring (bicyclic) bond motifs is 1. The van der Waals surface area contributed by atoms with Crippen LogP contribution in [0.1, 0.15) is 25.3 Å². The molecular weight excluding hydrogens is 462 g/mol. The van der Waals surface area contributed by atoms with Gasteiger partial charge in [-0.2, -0.15) is 5.10 Å². The summed E-state index contributed by atoms with van der Waals surface area (Å²) in [6, 6.07) is 17.5. The predicted octanol–water partition coefficient (Wildman–Crippen LogP) is 4.98. The number of ether oxygens (including phenoxy) is 1. The van der Waals surface area contributed by atoms with Gasteiger partial charge in [0, 0.05) is 43.2 Å². The van der Waals surface area contributed by atoms with Crippen LogP contribution in [0.15, 0.2) is 67.0 Å². The van der Waals surface area contributed by atoms with Crippen LogP contribution in [0.3, 0.4) is 0 Å². The number of hydrogen-bond acceptors (Lipinski definition) is 5. The second kappa shape index (κ2) is 10.4. The molecule has 1 saturated heterocycles. The zero-order chi connectivity index (χ0) is 24.2. The molecule has 35 heavy (non-hydrogen) atoms. The highest BCUT2D eigenvalue weighted by atomic mass is 35.5. The zero-order valence-electron chi connectivity index (χ0n) is 19.7. The van der Waals surface area contributed by atoms with Crippen molar-refractivity contribution in [1.82, 2.24) is 19.9 Å². The first-order chi connectivity index (χ1) is 17.1. The third kappa shape index (κ3) is 4.95. The number of benzene rings is 2. The number of anilines is 1. The summed E-state index contributed by atoms with van der Waals surface area (Å²) in [6.07, 6.45) is 5.35. The van der Waals surface area contributed by atoms with Gasteiger partial charge in [0.1, 0.15) is 11.3 Å². The van der Waals surface area contributed by atoms with Crippen LogP contribution in [-0.4, -0.2) is 40.2 Å². The monoisotopic (exact) mass is 489 g/mol. The summed E-state index contributed by atoms with van der Waals surface area (Å²) in [5, 5.41) is 8.48. The first kappa shape index (κ1) is 23.2. The summed E-state index contributed by atoms with van der Waals surface area (Å²) >= 11 is 6.40. The van der Waals surface area contributed by atoms with Gasteiger partial charge in [0.2, 0.25) is 5.91 Å². The molecule has 1 atom stereocenters. The van der Waals surface area contributed by atoms with Crippen molar-refractivity contribution in [1.29, 1.82) is 0 Å². The van der Waals surface area contributed by atoms with Gasteiger partial charge in [-0.15, -0.1) is 0 Å². The minimum atomic E-state index is -0.115. The summed E-state index contributed by atoms with van der Waals surface area (Å²) < 4.78 is 7.52. The van der Waals surface area contributed by atoms with Gasteiger partial charge >= 0.3 is 0 Å². The zero-order valence-corrected chi connectivity index (χ0v) is 20.4. The molecule has 0 spiro atoms. The number of halogens is 1. The molecule has 7 nitrogen and oxygen atoms in total. The van der Waals surface area contributed by atoms with Gasteiger partial charge in [0.05, 0.1) is 23.2 Å². The largest absolute Gasteiger partial charge is 0.494 e. The topological polar surface area (TPSA) is 71.8 Å². The van der Waals surface area contributed by atoms with Crippen molar-refractivity contribution < 1.29 is 9.53 Å². The van der Waals surface area contributed by atoms with E-state index in [-0.39, 0.29) is 11.8 Å². The van der Waals surface area contributed by atoms with Crippen LogP contribution in [0.4, 0.5) is 5.82 Å². The van der Waals surface area contributed by atoms with E-state index >= 15 is 0 Å². The molecule has 1 aliphatic heterocycles. The van der Waals surface area contributed by atoms with Crippen molar-refractivity contribution in [3.8, 4) is 17.0 Å². The lowest BCUT2D eigenvalue weighted by Gasteiger charge is -2.33. The molecule has 5 rings (SSSR count). The third-order valence-corrected chi connectivity index (χ3v) is 6.67. The van der Waals surface area contributed by atoms with Crippen molar-refractivity contribution in [3.05, 3.63) is 77.6 Å². The number of nitrogens with one attached hydrogen (secondary N) is 1. The van der Waals surface area contributed by atoms with Crippen molar-refractivity contribution in [3.63, 3.8) is 0 Å². The van der Waals surface area contributed by atoms with Crippen LogP contribution in [0.5, 0.6) is 5.75 Å². The van der Waals surface area contributed by atoms with Crippen LogP contribution >= 0.6 is 11.6 Å². The molecule has 0 bridgehead atoms. The van der Waals surface area contributed by atoms with E-state index in [9.17, 15) is 4.79 Å². The van der Waals surface area contributed by atoms with Crippen molar-refractivity contribution >= 4 is 28.8 Å². The van der Waals surface area contributed by atoms with Crippen LogP contribution < -0.4 is 15.0 Å². The second-order valence-corrected chi connectivity index (χ2v) is 9.04. The van der Waals surface area contributed by atoms with Gasteiger partial charge in [0.15, 0.2) is 5.82 Å². The number of para-hydroxylation sites is 1. The highest BCUT2D eigenvalue weighted by Crippen LogP contribution is 2.31. The Labute approximate surface area is 209 Å². The van der Waals surface area contributed by atoms with E-state index in [1.165, 1.54) is 0 Å². The van der Waals surface area contributed by atoms with Crippen LogP contribution in [0, 0.1) is 5.92 Å². The molecule has 180 valence electrons. The number of hydrogen-bond donors (Lipinski definition) is 1. The molecule has 4 aromatic rings. The average Bonchev–Trinajstić information content (AvgIpc) is 3.33. The van der Waals surface area contributed by atoms with Gasteiger partial charge < -0.3 is 15.0 Å². The number of amides is 1. The standard InChI is InChI=1S/C27H28ClN5O2/c1-2-35-25-12-6-3-8-19(25)17-30-27(34)20-9-7-14-32(18-20)26-24-16-23(31-33(24)15-13-29-26)21-10-4-5-11-22(21)28/h3-6,8,10-13,15-16,20H,2,7,9,14,17-18H2,1H3,(H,30,34)/t20-/m0/s1. The fourth-order valence-corrected chi connectivity index (χ4v) is 4.84. The molecule has 1 fully saturated rings. The number of aromatic nitrogens is 3. The van der Waals surface area contributed by atoms with Crippen molar-refractivity contribution in [2.24, 2.45) is 5.92 Å². The summed E-state index contributed by atoms with van der Waals surface area (Å²) in [5.41, 5.74) is 3.55. The lowest BCUT2D eigenvalue weighted by molar-refractivity contribution is -0.125. The quantitative estimate of drug-likeness (QED) is 0.396. The van der Waals surface area contributed by atoms with E-state index in [0.29, 0.717) is 24.7 Å². The van der Waals surface area contributed by atoms with Gasteiger partial charge in [-0.3, -0.25) is 4.79 Å². The highest BCUT2D eigenvalue weighted by molar-refractivity contribution is 6.33. The van der Waals surface area contributed by atoms with Gasteiger partial charge in [0.25, 0.3) is 0 Å². The second-order valence-electron chi connectivity index (χ2n) is 8.63. The Bertz CT molecular complexity index is 1340. The minimum Gasteiger partial charge on any atom is -0.494 e. The number of piperidine rings is 1. The van der Waals surface area contributed by atoms with Gasteiger partial charge in [-0.1, -0.05) is 48.0 Å². The van der Waals surface area contributed by atoms with E-state index in [4.69, 9.17) is 21.4 Å². The third-order valence-electron chi connectivity index (χ3n) is 6.34. The summed E-state index contributed by atoms with van der Waals surface area (Å²) in [5.74, 6) is 1.58. The van der Waals surface area contributed by atoms with Crippen LogP contribution in [0.25, 0.3) is 16.8 Å². The number of nitrogens with zero attached hydrogens (tertiary/aromatic N) is 4. The maximum atomic E-state index is 13.1. The van der Waals surface area contributed by atoms with Crippen LogP contribution in [-0.2, 0) is 11.3 Å². The van der Waals surface area contributed by atoms with E-state index in [2.05, 4.69) is 15.2 Å². The summed E-state index contributed by atoms with van der Waals surface area (Å²) in [6.45, 7) is 4.45. The van der Waals surface area contributed by atoms with Crippen molar-refractivity contribution in [2.45, 2.75) is 26.3 Å². The van der Waals surface area contributed by atoms with E-state index in [1.807, 2.05) is 72.2 Å². The molecule has 2 aromatic carbocycles. The molecule has 1 aliphatic rings. The minimum absolute atomic E-state index is 0.0539. The molecule has 1 N–H and O–H groups in total. The van der Waals surface area contributed by atoms with Crippen molar-refractivity contribution in [2.75, 3.05) is 24.6 Å². The van der Waals surface area contributed by atoms with Gasteiger partial charge in [-0.05, 0) is 38.0 Å². The van der Waals surface area contributed by atoms with Crippen LogP contribution in [0.2, 0.25) is 5.02 Å². The normalized spacial score (nSPS) is 15.8. The van der Waals surface area contributed by atoms with E-state index in [0.717, 1.165) is 53.3 Å². The number of rotatable bonds is 7. The lowest BCUT2D eigenvalue weighted by Crippen LogP contribution is -2.43. The predicted molar refractivity (Wildman–Crippen MR) is 138 cm³/mol. The fraction of sp³-hybridized carbons (Fsp3) is 0.296. The number of carbonyl (C=O) groups excluding carboxylic acids is 1. The van der Waals surface area contributed by atoms with E-state index < -0.39 is 0 Å². The molecule has 1 amide bonds. The molecule has 2 aromatic heterocycles. The summed E-state index contributed by atoms with van der Waals surface area (Å²) in [7, 11) is 0. The van der Waals surface area contributed by atoms with Gasteiger partial charge in [-0.25, -0.2) is 9.50 Å². The highest BCUT2D eigenvalue weighted by Gasteiger charge is 2.28. The molecule has 0 aliphatic carbocycles. The summed E-state index contributed by atoms with van der Waals surface area (Å²) in [4.78, 5) is 19.9.